The number of allylic oxidation sites excluding steroid dienone is 2. The van der Waals surface area contributed by atoms with Crippen LogP contribution in [-0.2, 0) is 14.3 Å². The fourth-order valence-corrected chi connectivity index (χ4v) is 1.85. The molecule has 1 amide bonds. The van der Waals surface area contributed by atoms with E-state index in [-0.39, 0.29) is 6.42 Å². The standard InChI is InChI=1S/C12H15ClN2O4/c13-8-5-7(9(14)2-4-11(15)16)1-3-10(8)19-6-12(17)18/h1,3,5,8,10,14H,2,4,6H2,(H2,15,16)(H,17,18)/p+1. The van der Waals surface area contributed by atoms with Crippen LogP contribution in [0.1, 0.15) is 12.8 Å². The van der Waals surface area contributed by atoms with Gasteiger partial charge in [0.05, 0.1) is 11.5 Å². The third kappa shape index (κ3) is 5.23. The van der Waals surface area contributed by atoms with Crippen LogP contribution in [0.5, 0.6) is 0 Å². The highest BCUT2D eigenvalue weighted by molar-refractivity contribution is 6.23. The lowest BCUT2D eigenvalue weighted by Crippen LogP contribution is -2.42. The van der Waals surface area contributed by atoms with E-state index in [1.807, 2.05) is 0 Å². The monoisotopic (exact) mass is 287 g/mol. The number of ether oxygens (including phenoxy) is 1. The molecule has 19 heavy (non-hydrogen) atoms. The average molecular weight is 288 g/mol. The van der Waals surface area contributed by atoms with Crippen molar-refractivity contribution in [2.45, 2.75) is 24.3 Å². The predicted octanol–water partition coefficient (Wildman–Crippen LogP) is -0.975. The number of primary amides is 1. The van der Waals surface area contributed by atoms with Crippen molar-refractivity contribution in [3.8, 4) is 0 Å². The molecule has 6 nitrogen and oxygen atoms in total. The van der Waals surface area contributed by atoms with E-state index in [2.05, 4.69) is 0 Å². The number of rotatable bonds is 7. The molecule has 7 heteroatoms. The molecule has 5 N–H and O–H groups in total. The van der Waals surface area contributed by atoms with Crippen LogP contribution < -0.4 is 11.1 Å². The number of amides is 1. The maximum atomic E-state index is 10.7. The summed E-state index contributed by atoms with van der Waals surface area (Å²) in [6.45, 7) is -0.414. The van der Waals surface area contributed by atoms with Gasteiger partial charge in [0.25, 0.3) is 0 Å². The molecule has 0 aromatic rings. The molecular formula is C12H16ClN2O4+. The van der Waals surface area contributed by atoms with Gasteiger partial charge >= 0.3 is 5.97 Å². The molecule has 1 aliphatic carbocycles. The van der Waals surface area contributed by atoms with Gasteiger partial charge < -0.3 is 15.6 Å². The Morgan fingerprint density at radius 2 is 2.16 bits per heavy atom. The zero-order valence-electron chi connectivity index (χ0n) is 10.2. The van der Waals surface area contributed by atoms with E-state index in [4.69, 9.17) is 32.6 Å². The van der Waals surface area contributed by atoms with Crippen molar-refractivity contribution >= 4 is 29.2 Å². The Hall–Kier alpha value is -1.66. The number of carboxylic acids is 1. The van der Waals surface area contributed by atoms with Gasteiger partial charge in [-0.05, 0) is 0 Å². The average Bonchev–Trinajstić information content (AvgIpc) is 2.34. The fraction of sp³-hybridized carbons (Fsp3) is 0.417. The zero-order chi connectivity index (χ0) is 14.4. The minimum atomic E-state index is -1.06. The number of hydrogen-bond donors (Lipinski definition) is 3. The van der Waals surface area contributed by atoms with E-state index in [0.717, 1.165) is 0 Å². The SMILES string of the molecule is NC(=O)CCC(=[NH2+])C1=CC(Cl)C(OCC(=O)O)C=C1. The molecule has 0 aromatic heterocycles. The first-order chi connectivity index (χ1) is 8.90. The summed E-state index contributed by atoms with van der Waals surface area (Å²) in [5, 5.41) is 13.8. The topological polar surface area (TPSA) is 115 Å². The van der Waals surface area contributed by atoms with E-state index < -0.39 is 30.0 Å². The number of alkyl halides is 1. The molecule has 0 saturated carbocycles. The first-order valence-electron chi connectivity index (χ1n) is 5.67. The molecule has 0 fully saturated rings. The van der Waals surface area contributed by atoms with Crippen molar-refractivity contribution in [3.05, 3.63) is 23.8 Å². The van der Waals surface area contributed by atoms with Crippen molar-refractivity contribution in [3.63, 3.8) is 0 Å². The van der Waals surface area contributed by atoms with Crippen LogP contribution in [0.2, 0.25) is 0 Å². The van der Waals surface area contributed by atoms with Crippen LogP contribution in [-0.4, -0.2) is 40.8 Å². The van der Waals surface area contributed by atoms with Gasteiger partial charge in [-0.2, -0.15) is 0 Å². The molecule has 0 heterocycles. The van der Waals surface area contributed by atoms with E-state index in [0.29, 0.717) is 17.7 Å². The zero-order valence-corrected chi connectivity index (χ0v) is 11.0. The Balaban J connectivity index is 2.54. The van der Waals surface area contributed by atoms with Crippen LogP contribution in [0.25, 0.3) is 0 Å². The molecule has 0 aromatic carbocycles. The number of carbonyl (C=O) groups excluding carboxylic acids is 1. The van der Waals surface area contributed by atoms with Crippen molar-refractivity contribution in [1.29, 1.82) is 0 Å². The lowest BCUT2D eigenvalue weighted by molar-refractivity contribution is -0.143. The number of nitrogens with two attached hydrogens (primary N) is 2. The molecule has 2 atom stereocenters. The lowest BCUT2D eigenvalue weighted by Gasteiger charge is -2.20. The molecule has 0 saturated heterocycles. The summed E-state index contributed by atoms with van der Waals surface area (Å²) in [5.41, 5.74) is 6.26. The molecular weight excluding hydrogens is 272 g/mol. The minimum Gasteiger partial charge on any atom is -0.480 e. The second kappa shape index (κ2) is 7.06. The van der Waals surface area contributed by atoms with E-state index in [1.165, 1.54) is 0 Å². The Kier molecular flexibility index (Phi) is 5.72. The Bertz CT molecular complexity index is 445. The second-order valence-electron chi connectivity index (χ2n) is 4.09. The summed E-state index contributed by atoms with van der Waals surface area (Å²) in [5.74, 6) is -1.48. The first kappa shape index (κ1) is 15.4. The maximum absolute atomic E-state index is 10.7. The van der Waals surface area contributed by atoms with Crippen LogP contribution in [0.3, 0.4) is 0 Å². The third-order valence-corrected chi connectivity index (χ3v) is 2.90. The fourth-order valence-electron chi connectivity index (χ4n) is 1.56. The van der Waals surface area contributed by atoms with Gasteiger partial charge in [-0.15, -0.1) is 11.6 Å². The number of aliphatic carboxylic acids is 1. The third-order valence-electron chi connectivity index (χ3n) is 2.53. The van der Waals surface area contributed by atoms with E-state index in [1.54, 1.807) is 18.2 Å². The predicted molar refractivity (Wildman–Crippen MR) is 69.6 cm³/mol. The first-order valence-corrected chi connectivity index (χ1v) is 6.11. The number of hydrogen-bond acceptors (Lipinski definition) is 3. The van der Waals surface area contributed by atoms with E-state index >= 15 is 0 Å². The summed E-state index contributed by atoms with van der Waals surface area (Å²) in [7, 11) is 0. The lowest BCUT2D eigenvalue weighted by atomic mass is 9.98. The largest absolute Gasteiger partial charge is 0.480 e. The summed E-state index contributed by atoms with van der Waals surface area (Å²) in [6, 6.07) is 0. The highest BCUT2D eigenvalue weighted by atomic mass is 35.5. The molecule has 1 rings (SSSR count). The van der Waals surface area contributed by atoms with Gasteiger partial charge in [0, 0.05) is 18.4 Å². The van der Waals surface area contributed by atoms with Crippen molar-refractivity contribution < 1.29 is 24.8 Å². The summed E-state index contributed by atoms with van der Waals surface area (Å²) in [6.07, 6.45) is 5.03. The van der Waals surface area contributed by atoms with Gasteiger partial charge in [-0.1, -0.05) is 18.2 Å². The number of halogens is 1. The van der Waals surface area contributed by atoms with Crippen molar-refractivity contribution in [2.24, 2.45) is 5.73 Å². The quantitative estimate of drug-likeness (QED) is 0.412. The van der Waals surface area contributed by atoms with Gasteiger partial charge in [0.1, 0.15) is 6.61 Å². The van der Waals surface area contributed by atoms with Crippen LogP contribution in [0.15, 0.2) is 23.8 Å². The van der Waals surface area contributed by atoms with Crippen LogP contribution in [0, 0.1) is 0 Å². The van der Waals surface area contributed by atoms with Crippen molar-refractivity contribution in [2.75, 3.05) is 6.61 Å². The van der Waals surface area contributed by atoms with Gasteiger partial charge in [-0.3, -0.25) is 10.2 Å². The molecule has 1 aliphatic rings. The molecule has 2 unspecified atom stereocenters. The Morgan fingerprint density at radius 3 is 2.68 bits per heavy atom. The number of carbonyl (C=O) groups is 2. The highest BCUT2D eigenvalue weighted by Gasteiger charge is 2.23. The van der Waals surface area contributed by atoms with Gasteiger partial charge in [0.2, 0.25) is 5.91 Å². The minimum absolute atomic E-state index is 0.170. The Labute approximate surface area is 115 Å². The normalized spacial score (nSPS) is 21.8. The molecule has 0 aliphatic heterocycles. The smallest absolute Gasteiger partial charge is 0.329 e. The summed E-state index contributed by atoms with van der Waals surface area (Å²) < 4.78 is 5.10. The highest BCUT2D eigenvalue weighted by Crippen LogP contribution is 2.20. The molecule has 0 bridgehead atoms. The second-order valence-corrected chi connectivity index (χ2v) is 4.59. The molecule has 104 valence electrons. The van der Waals surface area contributed by atoms with Crippen molar-refractivity contribution in [1.82, 2.24) is 0 Å². The Morgan fingerprint density at radius 1 is 1.47 bits per heavy atom. The van der Waals surface area contributed by atoms with E-state index in [9.17, 15) is 9.59 Å². The molecule has 0 radical (unpaired) electrons. The number of carboxylic acid groups (broad SMARTS) is 1. The van der Waals surface area contributed by atoms with Crippen LogP contribution >= 0.6 is 11.6 Å². The van der Waals surface area contributed by atoms with Gasteiger partial charge in [-0.25, -0.2) is 4.79 Å². The van der Waals surface area contributed by atoms with Gasteiger partial charge in [0.15, 0.2) is 5.71 Å². The summed E-state index contributed by atoms with van der Waals surface area (Å²) >= 11 is 6.06. The summed E-state index contributed by atoms with van der Waals surface area (Å²) in [4.78, 5) is 21.1. The molecule has 0 spiro atoms. The van der Waals surface area contributed by atoms with Crippen LogP contribution in [0.4, 0.5) is 0 Å². The maximum Gasteiger partial charge on any atom is 0.329 e.